The highest BCUT2D eigenvalue weighted by Gasteiger charge is 2.18. The van der Waals surface area contributed by atoms with E-state index in [-0.39, 0.29) is 0 Å². The highest BCUT2D eigenvalue weighted by molar-refractivity contribution is 5.47. The van der Waals surface area contributed by atoms with Crippen LogP contribution in [-0.4, -0.2) is 19.1 Å². The topological polar surface area (TPSA) is 15.3 Å². The Hall–Kier alpha value is -1.96. The van der Waals surface area contributed by atoms with E-state index in [1.807, 2.05) is 0 Å². The van der Waals surface area contributed by atoms with Gasteiger partial charge in [-0.2, -0.15) is 0 Å². The predicted molar refractivity (Wildman–Crippen MR) is 81.7 cm³/mol. The predicted octanol–water partition coefficient (Wildman–Crippen LogP) is 3.77. The summed E-state index contributed by atoms with van der Waals surface area (Å²) in [5.41, 5.74) is 2.58. The van der Waals surface area contributed by atoms with Crippen LogP contribution in [0.25, 0.3) is 0 Å². The number of nitrogens with zero attached hydrogens (tertiary/aromatic N) is 1. The van der Waals surface area contributed by atoms with E-state index in [4.69, 9.17) is 0 Å². The Balaban J connectivity index is 1.55. The van der Waals surface area contributed by atoms with Crippen molar-refractivity contribution in [2.45, 2.75) is 18.9 Å². The second kappa shape index (κ2) is 5.79. The van der Waals surface area contributed by atoms with Crippen molar-refractivity contribution in [2.24, 2.45) is 0 Å². The molecule has 2 nitrogen and oxygen atoms in total. The Morgan fingerprint density at radius 2 is 1.37 bits per heavy atom. The van der Waals surface area contributed by atoms with Crippen LogP contribution in [0.2, 0.25) is 0 Å². The summed E-state index contributed by atoms with van der Waals surface area (Å²) in [6.07, 6.45) is 2.40. The Labute approximate surface area is 115 Å². The maximum Gasteiger partial charge on any atom is 0.0366 e. The molecule has 98 valence electrons. The minimum absolute atomic E-state index is 0.599. The summed E-state index contributed by atoms with van der Waals surface area (Å²) in [5.74, 6) is 0. The van der Waals surface area contributed by atoms with E-state index in [1.165, 1.54) is 24.2 Å². The van der Waals surface area contributed by atoms with E-state index >= 15 is 0 Å². The smallest absolute Gasteiger partial charge is 0.0366 e. The third-order valence-electron chi connectivity index (χ3n) is 3.76. The van der Waals surface area contributed by atoms with Crippen LogP contribution < -0.4 is 10.2 Å². The fourth-order valence-electron chi connectivity index (χ4n) is 2.69. The molecule has 0 saturated carbocycles. The molecule has 2 aromatic carbocycles. The lowest BCUT2D eigenvalue weighted by molar-refractivity contribution is 0.527. The Morgan fingerprint density at radius 3 is 2.00 bits per heavy atom. The molecular formula is C17H20N2. The fourth-order valence-corrected chi connectivity index (χ4v) is 2.69. The van der Waals surface area contributed by atoms with Gasteiger partial charge in [-0.05, 0) is 37.1 Å². The van der Waals surface area contributed by atoms with Crippen LogP contribution in [-0.2, 0) is 0 Å². The molecule has 1 aliphatic rings. The van der Waals surface area contributed by atoms with Gasteiger partial charge in [0.1, 0.15) is 0 Å². The summed E-state index contributed by atoms with van der Waals surface area (Å²) in [7, 11) is 0. The van der Waals surface area contributed by atoms with Crippen LogP contribution in [0.3, 0.4) is 0 Å². The lowest BCUT2D eigenvalue weighted by atomic mass is 10.0. The largest absolute Gasteiger partial charge is 0.382 e. The van der Waals surface area contributed by atoms with Crippen molar-refractivity contribution in [3.8, 4) is 0 Å². The number of rotatable bonds is 3. The van der Waals surface area contributed by atoms with Crippen molar-refractivity contribution in [1.29, 1.82) is 0 Å². The first-order valence-corrected chi connectivity index (χ1v) is 7.03. The van der Waals surface area contributed by atoms with Crippen LogP contribution in [0.4, 0.5) is 11.4 Å². The van der Waals surface area contributed by atoms with Crippen molar-refractivity contribution in [1.82, 2.24) is 0 Å². The van der Waals surface area contributed by atoms with Crippen molar-refractivity contribution in [3.63, 3.8) is 0 Å². The minimum atomic E-state index is 0.599. The van der Waals surface area contributed by atoms with E-state index in [0.717, 1.165) is 13.1 Å². The standard InChI is InChI=1S/C17H20N2/c1-3-7-15(8-4-1)18-16-11-13-19(14-12-16)17-9-5-2-6-10-17/h1-10,16,18H,11-14H2. The van der Waals surface area contributed by atoms with E-state index < -0.39 is 0 Å². The van der Waals surface area contributed by atoms with Crippen molar-refractivity contribution in [3.05, 3.63) is 60.7 Å². The van der Waals surface area contributed by atoms with Gasteiger partial charge in [0.15, 0.2) is 0 Å². The van der Waals surface area contributed by atoms with Gasteiger partial charge in [-0.15, -0.1) is 0 Å². The third-order valence-corrected chi connectivity index (χ3v) is 3.76. The molecule has 1 heterocycles. The maximum absolute atomic E-state index is 3.63. The number of hydrogen-bond acceptors (Lipinski definition) is 2. The number of hydrogen-bond donors (Lipinski definition) is 1. The molecule has 1 N–H and O–H groups in total. The molecule has 1 fully saturated rings. The van der Waals surface area contributed by atoms with Gasteiger partial charge in [-0.1, -0.05) is 36.4 Å². The number of anilines is 2. The van der Waals surface area contributed by atoms with Gasteiger partial charge in [-0.3, -0.25) is 0 Å². The van der Waals surface area contributed by atoms with Gasteiger partial charge in [0.2, 0.25) is 0 Å². The zero-order chi connectivity index (χ0) is 12.9. The van der Waals surface area contributed by atoms with Crippen molar-refractivity contribution < 1.29 is 0 Å². The summed E-state index contributed by atoms with van der Waals surface area (Å²) in [5, 5.41) is 3.63. The zero-order valence-electron chi connectivity index (χ0n) is 11.1. The molecule has 0 unspecified atom stereocenters. The third kappa shape index (κ3) is 3.08. The molecule has 3 rings (SSSR count). The van der Waals surface area contributed by atoms with Gasteiger partial charge in [0.25, 0.3) is 0 Å². The molecule has 2 heteroatoms. The second-order valence-electron chi connectivity index (χ2n) is 5.11. The van der Waals surface area contributed by atoms with Crippen molar-refractivity contribution >= 4 is 11.4 Å². The van der Waals surface area contributed by atoms with Crippen LogP contribution >= 0.6 is 0 Å². The minimum Gasteiger partial charge on any atom is -0.382 e. The van der Waals surface area contributed by atoms with Crippen LogP contribution in [0.1, 0.15) is 12.8 Å². The molecule has 0 bridgehead atoms. The number of benzene rings is 2. The van der Waals surface area contributed by atoms with E-state index in [2.05, 4.69) is 70.9 Å². The van der Waals surface area contributed by atoms with Gasteiger partial charge in [0, 0.05) is 30.5 Å². The molecule has 0 radical (unpaired) electrons. The quantitative estimate of drug-likeness (QED) is 0.894. The second-order valence-corrected chi connectivity index (χ2v) is 5.11. The average Bonchev–Trinajstić information content (AvgIpc) is 2.50. The number of piperidine rings is 1. The van der Waals surface area contributed by atoms with Crippen LogP contribution in [0, 0.1) is 0 Å². The summed E-state index contributed by atoms with van der Waals surface area (Å²) in [6, 6.07) is 21.8. The molecule has 2 aromatic rings. The molecule has 0 aromatic heterocycles. The lowest BCUT2D eigenvalue weighted by Gasteiger charge is -2.34. The van der Waals surface area contributed by atoms with Gasteiger partial charge < -0.3 is 10.2 Å². The number of para-hydroxylation sites is 2. The Kier molecular flexibility index (Phi) is 3.68. The van der Waals surface area contributed by atoms with Gasteiger partial charge in [-0.25, -0.2) is 0 Å². The molecular weight excluding hydrogens is 232 g/mol. The van der Waals surface area contributed by atoms with E-state index in [9.17, 15) is 0 Å². The first-order chi connectivity index (χ1) is 9.42. The number of nitrogens with one attached hydrogen (secondary N) is 1. The van der Waals surface area contributed by atoms with Crippen molar-refractivity contribution in [2.75, 3.05) is 23.3 Å². The summed E-state index contributed by atoms with van der Waals surface area (Å²) < 4.78 is 0. The summed E-state index contributed by atoms with van der Waals surface area (Å²) in [4.78, 5) is 2.48. The van der Waals surface area contributed by atoms with E-state index in [0.29, 0.717) is 6.04 Å². The Morgan fingerprint density at radius 1 is 0.789 bits per heavy atom. The molecule has 0 aliphatic carbocycles. The normalized spacial score (nSPS) is 16.3. The van der Waals surface area contributed by atoms with Gasteiger partial charge >= 0.3 is 0 Å². The average molecular weight is 252 g/mol. The summed E-state index contributed by atoms with van der Waals surface area (Å²) in [6.45, 7) is 2.27. The highest BCUT2D eigenvalue weighted by atomic mass is 15.1. The summed E-state index contributed by atoms with van der Waals surface area (Å²) >= 11 is 0. The lowest BCUT2D eigenvalue weighted by Crippen LogP contribution is -2.39. The SMILES string of the molecule is c1ccc(NC2CCN(c3ccccc3)CC2)cc1. The molecule has 0 spiro atoms. The zero-order valence-corrected chi connectivity index (χ0v) is 11.1. The first kappa shape index (κ1) is 12.1. The Bertz CT molecular complexity index is 487. The molecule has 1 saturated heterocycles. The molecule has 0 amide bonds. The van der Waals surface area contributed by atoms with Crippen LogP contribution in [0.15, 0.2) is 60.7 Å². The van der Waals surface area contributed by atoms with Gasteiger partial charge in [0.05, 0.1) is 0 Å². The molecule has 19 heavy (non-hydrogen) atoms. The molecule has 0 atom stereocenters. The van der Waals surface area contributed by atoms with Crippen LogP contribution in [0.5, 0.6) is 0 Å². The first-order valence-electron chi connectivity index (χ1n) is 7.03. The highest BCUT2D eigenvalue weighted by Crippen LogP contribution is 2.21. The monoisotopic (exact) mass is 252 g/mol. The fraction of sp³-hybridized carbons (Fsp3) is 0.294. The maximum atomic E-state index is 3.63. The molecule has 1 aliphatic heterocycles. The van der Waals surface area contributed by atoms with E-state index in [1.54, 1.807) is 0 Å².